The summed E-state index contributed by atoms with van der Waals surface area (Å²) in [7, 11) is 0. The van der Waals surface area contributed by atoms with Crippen molar-refractivity contribution in [2.24, 2.45) is 16.5 Å². The van der Waals surface area contributed by atoms with Crippen LogP contribution in [0.2, 0.25) is 0 Å². The molecule has 5 N–H and O–H groups in total. The molecule has 0 fully saturated rings. The Kier molecular flexibility index (Phi) is 2.79. The van der Waals surface area contributed by atoms with E-state index < -0.39 is 6.03 Å². The average Bonchev–Trinajstić information content (AvgIpc) is 2.88. The molecule has 2 heterocycles. The maximum atomic E-state index is 10.9. The van der Waals surface area contributed by atoms with Gasteiger partial charge in [0.2, 0.25) is 5.55 Å². The molecule has 0 saturated carbocycles. The number of nitrogens with two attached hydrogens (primary N) is 2. The summed E-state index contributed by atoms with van der Waals surface area (Å²) in [6.07, 6.45) is 1.55. The van der Waals surface area contributed by atoms with Gasteiger partial charge in [0.05, 0.1) is 11.5 Å². The lowest BCUT2D eigenvalue weighted by atomic mass is 10.2. The monoisotopic (exact) mass is 271 g/mol. The second-order valence-corrected chi connectivity index (χ2v) is 4.29. The molecule has 0 unspecified atom stereocenters. The maximum absolute atomic E-state index is 10.9. The lowest BCUT2D eigenvalue weighted by molar-refractivity contribution is 0.259. The van der Waals surface area contributed by atoms with Gasteiger partial charge in [0.15, 0.2) is 0 Å². The van der Waals surface area contributed by atoms with E-state index in [1.54, 1.807) is 30.5 Å². The summed E-state index contributed by atoms with van der Waals surface area (Å²) in [6, 6.07) is 8.36. The van der Waals surface area contributed by atoms with Crippen molar-refractivity contribution >= 4 is 23.2 Å². The van der Waals surface area contributed by atoms with Gasteiger partial charge in [-0.05, 0) is 24.3 Å². The number of rotatable bonds is 2. The predicted octanol–water partition coefficient (Wildman–Crippen LogP) is -0.108. The zero-order valence-corrected chi connectivity index (χ0v) is 10.5. The highest BCUT2D eigenvalue weighted by atomic mass is 16.3. The molecule has 20 heavy (non-hydrogen) atoms. The second kappa shape index (κ2) is 4.61. The van der Waals surface area contributed by atoms with Crippen LogP contribution >= 0.6 is 0 Å². The van der Waals surface area contributed by atoms with Crippen molar-refractivity contribution in [2.75, 3.05) is 16.9 Å². The van der Waals surface area contributed by atoms with Gasteiger partial charge >= 0.3 is 6.03 Å². The number of carbonyl (C=O) groups is 1. The zero-order chi connectivity index (χ0) is 14.1. The first-order valence-electron chi connectivity index (χ1n) is 5.97. The van der Waals surface area contributed by atoms with Gasteiger partial charge in [-0.3, -0.25) is 0 Å². The largest absolute Gasteiger partial charge is 0.446 e. The fourth-order valence-electron chi connectivity index (χ4n) is 2.09. The fraction of sp³-hybridized carbons (Fsp3) is 0.0769. The van der Waals surface area contributed by atoms with Crippen LogP contribution in [-0.4, -0.2) is 12.7 Å². The quantitative estimate of drug-likeness (QED) is 0.708. The molecule has 7 nitrogen and oxygen atoms in total. The van der Waals surface area contributed by atoms with E-state index in [9.17, 15) is 4.79 Å². The highest BCUT2D eigenvalue weighted by Gasteiger charge is 2.15. The van der Waals surface area contributed by atoms with Gasteiger partial charge in [0.1, 0.15) is 12.5 Å². The number of amides is 2. The normalized spacial score (nSPS) is 13.6. The lowest BCUT2D eigenvalue weighted by Crippen LogP contribution is -2.42. The molecular weight excluding hydrogens is 258 g/mol. The van der Waals surface area contributed by atoms with Crippen LogP contribution < -0.4 is 32.5 Å². The predicted molar refractivity (Wildman–Crippen MR) is 74.1 cm³/mol. The van der Waals surface area contributed by atoms with Crippen molar-refractivity contribution in [1.82, 2.24) is 0 Å². The smallest absolute Gasteiger partial charge is 0.316 e. The third-order valence-corrected chi connectivity index (χ3v) is 2.99. The van der Waals surface area contributed by atoms with Crippen molar-refractivity contribution in [3.63, 3.8) is 0 Å². The van der Waals surface area contributed by atoms with Gasteiger partial charge in [-0.25, -0.2) is 9.79 Å². The van der Waals surface area contributed by atoms with E-state index >= 15 is 0 Å². The topological polar surface area (TPSA) is 110 Å². The van der Waals surface area contributed by atoms with Gasteiger partial charge in [-0.1, -0.05) is 6.07 Å². The van der Waals surface area contributed by atoms with Crippen LogP contribution in [0.1, 0.15) is 0 Å². The lowest BCUT2D eigenvalue weighted by Gasteiger charge is -2.24. The minimum absolute atomic E-state index is 0.354. The Morgan fingerprint density at radius 2 is 2.25 bits per heavy atom. The zero-order valence-electron chi connectivity index (χ0n) is 10.5. The van der Waals surface area contributed by atoms with Crippen molar-refractivity contribution < 1.29 is 9.21 Å². The number of fused-ring (bicyclic) bond motifs is 1. The van der Waals surface area contributed by atoms with Crippen molar-refractivity contribution in [3.8, 4) is 0 Å². The van der Waals surface area contributed by atoms with Crippen molar-refractivity contribution in [3.05, 3.63) is 47.4 Å². The third kappa shape index (κ3) is 2.05. The van der Waals surface area contributed by atoms with Crippen LogP contribution in [0.3, 0.4) is 0 Å². The molecule has 3 rings (SSSR count). The van der Waals surface area contributed by atoms with E-state index in [1.165, 1.54) is 0 Å². The van der Waals surface area contributed by atoms with E-state index in [-0.39, 0.29) is 0 Å². The van der Waals surface area contributed by atoms with E-state index in [2.05, 4.69) is 10.3 Å². The number of furan rings is 1. The molecule has 0 aliphatic carbocycles. The summed E-state index contributed by atoms with van der Waals surface area (Å²) in [5.41, 5.74) is 13.2. The molecule has 1 aromatic carbocycles. The summed E-state index contributed by atoms with van der Waals surface area (Å²) in [5, 5.41) is 3.28. The van der Waals surface area contributed by atoms with Gasteiger partial charge in [0, 0.05) is 11.4 Å². The molecule has 0 atom stereocenters. The van der Waals surface area contributed by atoms with Crippen LogP contribution in [0.5, 0.6) is 0 Å². The molecule has 0 bridgehead atoms. The molecule has 0 radical (unpaired) electrons. The molecule has 0 spiro atoms. The number of urea groups is 1. The van der Waals surface area contributed by atoms with E-state index in [0.717, 1.165) is 10.9 Å². The first kappa shape index (κ1) is 12.1. The number of benzene rings is 1. The number of anilines is 2. The maximum Gasteiger partial charge on any atom is 0.316 e. The van der Waals surface area contributed by atoms with Crippen LogP contribution in [-0.2, 0) is 0 Å². The van der Waals surface area contributed by atoms with Crippen LogP contribution in [0.4, 0.5) is 16.2 Å². The minimum atomic E-state index is -0.612. The molecule has 2 aromatic rings. The summed E-state index contributed by atoms with van der Waals surface area (Å²) in [6.45, 7) is 0.354. The molecule has 102 valence electrons. The number of carbonyl (C=O) groups excluding carboxylic acids is 1. The number of hydrogen-bond acceptors (Lipinski definition) is 5. The Hall–Kier alpha value is -2.96. The van der Waals surface area contributed by atoms with E-state index in [4.69, 9.17) is 15.9 Å². The highest BCUT2D eigenvalue weighted by molar-refractivity contribution is 5.88. The molecular formula is C13H13N5O2. The summed E-state index contributed by atoms with van der Waals surface area (Å²) in [5.74, 6) is 0.556. The van der Waals surface area contributed by atoms with E-state index in [1.807, 2.05) is 11.0 Å². The molecule has 2 amide bonds. The Labute approximate surface area is 114 Å². The Bertz CT molecular complexity index is 780. The van der Waals surface area contributed by atoms with Gasteiger partial charge in [-0.2, -0.15) is 0 Å². The van der Waals surface area contributed by atoms with E-state index in [0.29, 0.717) is 23.7 Å². The average molecular weight is 271 g/mol. The van der Waals surface area contributed by atoms with Crippen molar-refractivity contribution in [1.29, 1.82) is 0 Å². The van der Waals surface area contributed by atoms with Crippen LogP contribution in [0.15, 0.2) is 46.0 Å². The number of nitrogens with zero attached hydrogens (tertiary/aromatic N) is 2. The first-order chi connectivity index (χ1) is 9.65. The Morgan fingerprint density at radius 1 is 1.40 bits per heavy atom. The second-order valence-electron chi connectivity index (χ2n) is 4.29. The number of primary amides is 1. The number of hydrogen-bond donors (Lipinski definition) is 3. The molecule has 7 heteroatoms. The summed E-state index contributed by atoms with van der Waals surface area (Å²) >= 11 is 0. The summed E-state index contributed by atoms with van der Waals surface area (Å²) < 4.78 is 5.22. The Morgan fingerprint density at radius 3 is 3.05 bits per heavy atom. The van der Waals surface area contributed by atoms with Gasteiger partial charge in [-0.15, -0.1) is 0 Å². The number of nitrogens with one attached hydrogen (secondary N) is 1. The third-order valence-electron chi connectivity index (χ3n) is 2.99. The van der Waals surface area contributed by atoms with Crippen LogP contribution in [0.25, 0.3) is 5.82 Å². The fourth-order valence-corrected chi connectivity index (χ4v) is 2.09. The first-order valence-corrected chi connectivity index (χ1v) is 5.97. The minimum Gasteiger partial charge on any atom is -0.446 e. The molecule has 1 aromatic heterocycles. The highest BCUT2D eigenvalue weighted by Crippen LogP contribution is 2.21. The van der Waals surface area contributed by atoms with Crippen molar-refractivity contribution in [2.45, 2.75) is 0 Å². The SMILES string of the molecule is NC(=O)Nc1cccc(N2CN=c3occc3=C2N)c1. The van der Waals surface area contributed by atoms with Gasteiger partial charge in [0.25, 0.3) is 0 Å². The Balaban J connectivity index is 2.00. The standard InChI is InChI=1S/C13H13N5O2/c14-11-10-4-5-20-12(10)16-7-18(11)9-3-1-2-8(6-9)17-13(15)19/h1-6H,7,14H2,(H3,15,17,19). The summed E-state index contributed by atoms with van der Waals surface area (Å²) in [4.78, 5) is 17.0. The van der Waals surface area contributed by atoms with Gasteiger partial charge < -0.3 is 26.1 Å². The molecule has 1 aliphatic rings. The molecule has 1 aliphatic heterocycles. The van der Waals surface area contributed by atoms with Crippen LogP contribution in [0, 0.1) is 0 Å². The molecule has 0 saturated heterocycles.